The fraction of sp³-hybridized carbons (Fsp3) is 0.977. The molecule has 0 bridgehead atoms. The Morgan fingerprint density at radius 1 is 0.500 bits per heavy atom. The van der Waals surface area contributed by atoms with Gasteiger partial charge in [-0.05, 0) is 12.8 Å². The van der Waals surface area contributed by atoms with Crippen molar-refractivity contribution in [2.45, 2.75) is 238 Å². The smallest absolute Gasteiger partial charge is 0.457 e. The molecule has 2 atom stereocenters. The first kappa shape index (κ1) is 51.5. The molecule has 0 heterocycles. The lowest BCUT2D eigenvalue weighted by Gasteiger charge is -2.20. The van der Waals surface area contributed by atoms with Crippen LogP contribution in [-0.4, -0.2) is 49.9 Å². The number of nitrogens with two attached hydrogens (primary N) is 1. The average molecular weight is 762 g/mol. The monoisotopic (exact) mass is 762 g/mol. The summed E-state index contributed by atoms with van der Waals surface area (Å²) in [6, 6.07) is 0. The van der Waals surface area contributed by atoms with Crippen LogP contribution in [-0.2, 0) is 27.9 Å². The van der Waals surface area contributed by atoms with Crippen molar-refractivity contribution in [3.05, 3.63) is 0 Å². The summed E-state index contributed by atoms with van der Waals surface area (Å²) in [5, 5.41) is 0. The highest BCUT2D eigenvalue weighted by atomic mass is 31.2. The third kappa shape index (κ3) is 40.7. The first-order valence-electron chi connectivity index (χ1n) is 22.5. The van der Waals surface area contributed by atoms with Gasteiger partial charge in [0.2, 0.25) is 0 Å². The van der Waals surface area contributed by atoms with Gasteiger partial charge < -0.3 is 20.1 Å². The Hall–Kier alpha value is -0.500. The molecule has 0 radical (unpaired) electrons. The second-order valence-corrected chi connectivity index (χ2v) is 16.7. The highest BCUT2D eigenvalue weighted by Crippen LogP contribution is 2.43. The molecular weight excluding hydrogens is 673 g/mol. The van der Waals surface area contributed by atoms with Gasteiger partial charge in [-0.1, -0.05) is 213 Å². The topological polar surface area (TPSA) is 117 Å². The summed E-state index contributed by atoms with van der Waals surface area (Å²) in [7, 11) is -4.27. The van der Waals surface area contributed by atoms with Crippen LogP contribution in [0.4, 0.5) is 0 Å². The van der Waals surface area contributed by atoms with Gasteiger partial charge in [0.1, 0.15) is 6.10 Å². The largest absolute Gasteiger partial charge is 0.472 e. The summed E-state index contributed by atoms with van der Waals surface area (Å²) < 4.78 is 33.4. The number of hydrogen-bond acceptors (Lipinski definition) is 7. The Kier molecular flexibility index (Phi) is 41.3. The summed E-state index contributed by atoms with van der Waals surface area (Å²) in [6.45, 7) is 4.98. The van der Waals surface area contributed by atoms with Gasteiger partial charge in [-0.2, -0.15) is 0 Å². The van der Waals surface area contributed by atoms with E-state index in [1.54, 1.807) is 0 Å². The number of carbonyl (C=O) groups is 1. The molecule has 0 aromatic rings. The van der Waals surface area contributed by atoms with E-state index in [1.807, 2.05) is 0 Å². The minimum atomic E-state index is -4.27. The Balaban J connectivity index is 3.89. The van der Waals surface area contributed by atoms with Crippen molar-refractivity contribution in [2.75, 3.05) is 33.0 Å². The van der Waals surface area contributed by atoms with E-state index in [0.717, 1.165) is 32.1 Å². The van der Waals surface area contributed by atoms with Gasteiger partial charge >= 0.3 is 13.8 Å². The number of hydrogen-bond donors (Lipinski definition) is 2. The predicted octanol–water partition coefficient (Wildman–Crippen LogP) is 13.3. The number of ether oxygens (including phenoxy) is 2. The van der Waals surface area contributed by atoms with Crippen molar-refractivity contribution < 1.29 is 32.8 Å². The fourth-order valence-corrected chi connectivity index (χ4v) is 7.47. The van der Waals surface area contributed by atoms with Crippen LogP contribution in [0, 0.1) is 0 Å². The third-order valence-electron chi connectivity index (χ3n) is 10.0. The van der Waals surface area contributed by atoms with E-state index in [9.17, 15) is 14.3 Å². The van der Waals surface area contributed by atoms with Crippen LogP contribution in [0.25, 0.3) is 0 Å². The number of phosphoric ester groups is 1. The second-order valence-electron chi connectivity index (χ2n) is 15.3. The highest BCUT2D eigenvalue weighted by molar-refractivity contribution is 7.47. The van der Waals surface area contributed by atoms with E-state index in [1.165, 1.54) is 180 Å². The minimum Gasteiger partial charge on any atom is -0.457 e. The van der Waals surface area contributed by atoms with Crippen LogP contribution in [0.3, 0.4) is 0 Å². The number of phosphoric acid groups is 1. The van der Waals surface area contributed by atoms with Crippen molar-refractivity contribution in [1.82, 2.24) is 0 Å². The summed E-state index contributed by atoms with van der Waals surface area (Å²) in [6.07, 6.45) is 42.7. The van der Waals surface area contributed by atoms with Gasteiger partial charge in [0.05, 0.1) is 19.8 Å². The van der Waals surface area contributed by atoms with Gasteiger partial charge in [0.15, 0.2) is 0 Å². The summed E-state index contributed by atoms with van der Waals surface area (Å²) in [4.78, 5) is 22.4. The molecule has 3 N–H and O–H groups in total. The minimum absolute atomic E-state index is 0.0901. The maximum atomic E-state index is 12.5. The van der Waals surface area contributed by atoms with Crippen molar-refractivity contribution in [3.8, 4) is 0 Å². The van der Waals surface area contributed by atoms with Crippen LogP contribution in [0.2, 0.25) is 0 Å². The quantitative estimate of drug-likeness (QED) is 0.0358. The predicted molar refractivity (Wildman–Crippen MR) is 220 cm³/mol. The zero-order chi connectivity index (χ0) is 38.1. The van der Waals surface area contributed by atoms with Crippen LogP contribution in [0.5, 0.6) is 0 Å². The summed E-state index contributed by atoms with van der Waals surface area (Å²) >= 11 is 0. The Morgan fingerprint density at radius 2 is 0.846 bits per heavy atom. The number of carbonyl (C=O) groups excluding carboxylic acids is 1. The molecule has 0 saturated heterocycles. The first-order chi connectivity index (χ1) is 25.4. The van der Waals surface area contributed by atoms with Crippen molar-refractivity contribution in [3.63, 3.8) is 0 Å². The van der Waals surface area contributed by atoms with E-state index in [2.05, 4.69) is 13.8 Å². The van der Waals surface area contributed by atoms with Gasteiger partial charge in [0, 0.05) is 19.6 Å². The number of unbranched alkanes of at least 4 members (excludes halogenated alkanes) is 31. The standard InChI is InChI=1S/C43H88NO7P/c1-3-5-7-9-11-13-15-17-18-19-20-21-22-23-24-25-27-29-31-33-35-38-48-40-42(41-50-52(46,47)49-39-37-44)51-43(45)36-34-32-30-28-26-16-14-12-10-8-6-4-2/h42H,3-41,44H2,1-2H3,(H,46,47). The van der Waals surface area contributed by atoms with Gasteiger partial charge in [-0.15, -0.1) is 0 Å². The summed E-state index contributed by atoms with van der Waals surface area (Å²) in [5.41, 5.74) is 5.37. The zero-order valence-electron chi connectivity index (χ0n) is 34.6. The van der Waals surface area contributed by atoms with Crippen LogP contribution in [0.15, 0.2) is 0 Å². The molecule has 0 amide bonds. The summed E-state index contributed by atoms with van der Waals surface area (Å²) in [5.74, 6) is -0.325. The normalized spacial score (nSPS) is 13.4. The molecule has 0 aliphatic heterocycles. The molecule has 0 aromatic carbocycles. The number of esters is 1. The SMILES string of the molecule is CCCCCCCCCCCCCCCCCCCCCCCOCC(COP(=O)(O)OCCN)OC(=O)CCCCCCCCCCCCCC. The lowest BCUT2D eigenvalue weighted by atomic mass is 10.0. The Bertz CT molecular complexity index is 772. The lowest BCUT2D eigenvalue weighted by molar-refractivity contribution is -0.154. The van der Waals surface area contributed by atoms with E-state index in [0.29, 0.717) is 13.0 Å². The zero-order valence-corrected chi connectivity index (χ0v) is 35.5. The van der Waals surface area contributed by atoms with Crippen LogP contribution < -0.4 is 5.73 Å². The molecule has 312 valence electrons. The molecule has 8 nitrogen and oxygen atoms in total. The van der Waals surface area contributed by atoms with Gasteiger partial charge in [0.25, 0.3) is 0 Å². The number of rotatable bonds is 44. The molecule has 2 unspecified atom stereocenters. The molecule has 0 rings (SSSR count). The van der Waals surface area contributed by atoms with Gasteiger partial charge in [-0.3, -0.25) is 13.8 Å². The molecule has 9 heteroatoms. The van der Waals surface area contributed by atoms with E-state index < -0.39 is 13.9 Å². The Morgan fingerprint density at radius 3 is 1.21 bits per heavy atom. The molecule has 0 spiro atoms. The third-order valence-corrected chi connectivity index (χ3v) is 11.0. The van der Waals surface area contributed by atoms with Gasteiger partial charge in [-0.25, -0.2) is 4.57 Å². The fourth-order valence-electron chi connectivity index (χ4n) is 6.70. The van der Waals surface area contributed by atoms with E-state index >= 15 is 0 Å². The van der Waals surface area contributed by atoms with E-state index in [-0.39, 0.29) is 32.3 Å². The van der Waals surface area contributed by atoms with Crippen molar-refractivity contribution in [2.24, 2.45) is 5.73 Å². The molecule has 0 fully saturated rings. The molecular formula is C43H88NO7P. The first-order valence-corrected chi connectivity index (χ1v) is 24.0. The lowest BCUT2D eigenvalue weighted by Crippen LogP contribution is -2.28. The maximum absolute atomic E-state index is 12.5. The molecule has 0 aromatic heterocycles. The second kappa shape index (κ2) is 41.7. The average Bonchev–Trinajstić information content (AvgIpc) is 3.13. The van der Waals surface area contributed by atoms with Crippen LogP contribution in [0.1, 0.15) is 232 Å². The molecule has 52 heavy (non-hydrogen) atoms. The van der Waals surface area contributed by atoms with Crippen molar-refractivity contribution in [1.29, 1.82) is 0 Å². The Labute approximate surface area is 322 Å². The highest BCUT2D eigenvalue weighted by Gasteiger charge is 2.25. The van der Waals surface area contributed by atoms with E-state index in [4.69, 9.17) is 24.3 Å². The maximum Gasteiger partial charge on any atom is 0.472 e. The van der Waals surface area contributed by atoms with Crippen LogP contribution >= 0.6 is 7.82 Å². The molecule has 0 saturated carbocycles. The molecule has 0 aliphatic rings. The van der Waals surface area contributed by atoms with Crippen molar-refractivity contribution >= 4 is 13.8 Å². The molecule has 0 aliphatic carbocycles.